The molecule has 0 saturated heterocycles. The monoisotopic (exact) mass is 258 g/mol. The molecule has 2 aromatic rings. The molecule has 0 radical (unpaired) electrons. The van der Waals surface area contributed by atoms with E-state index in [-0.39, 0.29) is 0 Å². The first-order chi connectivity index (χ1) is 9.19. The van der Waals surface area contributed by atoms with Gasteiger partial charge in [0.2, 0.25) is 0 Å². The number of halogens is 2. The highest BCUT2D eigenvalue weighted by Gasteiger charge is 2.02. The first-order valence-corrected chi connectivity index (χ1v) is 5.87. The summed E-state index contributed by atoms with van der Waals surface area (Å²) in [6, 6.07) is 12.7. The fraction of sp³-hybridized carbons (Fsp3) is 0.133. The van der Waals surface area contributed by atoms with E-state index >= 15 is 0 Å². The van der Waals surface area contributed by atoms with Crippen molar-refractivity contribution >= 4 is 5.69 Å². The van der Waals surface area contributed by atoms with E-state index in [1.54, 1.807) is 18.2 Å². The minimum atomic E-state index is -0.576. The van der Waals surface area contributed by atoms with Crippen LogP contribution in [-0.2, 0) is 6.42 Å². The lowest BCUT2D eigenvalue weighted by atomic mass is 10.1. The molecule has 1 N–H and O–H groups in total. The van der Waals surface area contributed by atoms with E-state index in [1.807, 2.05) is 6.07 Å². The molecule has 2 rings (SSSR count). The van der Waals surface area contributed by atoms with Crippen LogP contribution in [0.3, 0.4) is 0 Å². The third-order valence-electron chi connectivity index (χ3n) is 2.70. The Bertz CT molecular complexity index is 598. The molecule has 0 aliphatic heterocycles. The van der Waals surface area contributed by atoms with Gasteiger partial charge in [0.25, 0.3) is 0 Å². The smallest absolute Gasteiger partial charge is 0.126 e. The molecule has 0 spiro atoms. The Morgan fingerprint density at radius 3 is 2.42 bits per heavy atom. The largest absolute Gasteiger partial charge is 0.384 e. The van der Waals surface area contributed by atoms with Gasteiger partial charge >= 0.3 is 0 Å². The van der Waals surface area contributed by atoms with Crippen molar-refractivity contribution in [2.45, 2.75) is 6.42 Å². The Morgan fingerprint density at radius 1 is 1.05 bits per heavy atom. The highest BCUT2D eigenvalue weighted by Crippen LogP contribution is 2.14. The van der Waals surface area contributed by atoms with Crippen LogP contribution in [0.4, 0.5) is 14.5 Å². The molecule has 0 saturated carbocycles. The van der Waals surface area contributed by atoms with Gasteiger partial charge in [-0.3, -0.25) is 0 Å². The normalized spacial score (nSPS) is 9.95. The summed E-state index contributed by atoms with van der Waals surface area (Å²) < 4.78 is 26.0. The minimum absolute atomic E-state index is 0.481. The highest BCUT2D eigenvalue weighted by molar-refractivity contribution is 5.57. The number of hydrogen-bond acceptors (Lipinski definition) is 2. The second-order valence-corrected chi connectivity index (χ2v) is 4.11. The zero-order valence-electron chi connectivity index (χ0n) is 10.2. The molecule has 0 atom stereocenters. The van der Waals surface area contributed by atoms with Crippen molar-refractivity contribution in [1.82, 2.24) is 0 Å². The van der Waals surface area contributed by atoms with Crippen molar-refractivity contribution in [2.75, 3.05) is 11.9 Å². The van der Waals surface area contributed by atoms with Crippen LogP contribution in [0.15, 0.2) is 42.5 Å². The fourth-order valence-electron chi connectivity index (χ4n) is 1.83. The molecule has 0 bridgehead atoms. The average Bonchev–Trinajstić information content (AvgIpc) is 2.38. The van der Waals surface area contributed by atoms with Crippen LogP contribution in [0, 0.1) is 23.0 Å². The molecule has 0 aromatic heterocycles. The van der Waals surface area contributed by atoms with Gasteiger partial charge in [0.15, 0.2) is 0 Å². The maximum Gasteiger partial charge on any atom is 0.126 e. The van der Waals surface area contributed by atoms with Crippen LogP contribution in [-0.4, -0.2) is 6.54 Å². The molecule has 19 heavy (non-hydrogen) atoms. The van der Waals surface area contributed by atoms with Crippen molar-refractivity contribution in [3.63, 3.8) is 0 Å². The second-order valence-electron chi connectivity index (χ2n) is 4.11. The lowest BCUT2D eigenvalue weighted by molar-refractivity contribution is 0.580. The number of hydrogen-bond donors (Lipinski definition) is 1. The van der Waals surface area contributed by atoms with Crippen LogP contribution in [0.1, 0.15) is 11.1 Å². The Hall–Kier alpha value is -2.41. The lowest BCUT2D eigenvalue weighted by Gasteiger charge is -2.08. The van der Waals surface area contributed by atoms with Crippen LogP contribution in [0.5, 0.6) is 0 Å². The Labute approximate surface area is 110 Å². The van der Waals surface area contributed by atoms with E-state index in [2.05, 4.69) is 11.4 Å². The number of nitriles is 1. The van der Waals surface area contributed by atoms with Gasteiger partial charge < -0.3 is 5.32 Å². The molecule has 96 valence electrons. The third kappa shape index (κ3) is 3.52. The van der Waals surface area contributed by atoms with Gasteiger partial charge in [-0.05, 0) is 36.2 Å². The Balaban J connectivity index is 1.98. The quantitative estimate of drug-likeness (QED) is 0.911. The fourth-order valence-corrected chi connectivity index (χ4v) is 1.83. The highest BCUT2D eigenvalue weighted by atomic mass is 19.1. The summed E-state index contributed by atoms with van der Waals surface area (Å²) in [6.45, 7) is 0.502. The standard InChI is InChI=1S/C15H12F2N2/c16-13-7-11(8-14(17)9-13)5-6-19-15-4-2-1-3-12(15)10-18/h1-4,7-9,19H,5-6H2. The summed E-state index contributed by atoms with van der Waals surface area (Å²) in [7, 11) is 0. The molecule has 0 aliphatic carbocycles. The minimum Gasteiger partial charge on any atom is -0.384 e. The van der Waals surface area contributed by atoms with Gasteiger partial charge in [0, 0.05) is 12.6 Å². The number of anilines is 1. The SMILES string of the molecule is N#Cc1ccccc1NCCc1cc(F)cc(F)c1. The van der Waals surface area contributed by atoms with E-state index in [1.165, 1.54) is 12.1 Å². The summed E-state index contributed by atoms with van der Waals surface area (Å²) in [5.41, 5.74) is 1.86. The number of para-hydroxylation sites is 1. The van der Waals surface area contributed by atoms with E-state index in [9.17, 15) is 8.78 Å². The average molecular weight is 258 g/mol. The van der Waals surface area contributed by atoms with Gasteiger partial charge in [-0.15, -0.1) is 0 Å². The summed E-state index contributed by atoms with van der Waals surface area (Å²) >= 11 is 0. The molecule has 4 heteroatoms. The third-order valence-corrected chi connectivity index (χ3v) is 2.70. The molecule has 2 nitrogen and oxygen atoms in total. The van der Waals surface area contributed by atoms with Crippen LogP contribution in [0.25, 0.3) is 0 Å². The number of rotatable bonds is 4. The summed E-state index contributed by atoms with van der Waals surface area (Å²) in [5.74, 6) is -1.15. The van der Waals surface area contributed by atoms with E-state index in [4.69, 9.17) is 5.26 Å². The maximum atomic E-state index is 13.0. The van der Waals surface area contributed by atoms with Gasteiger partial charge in [0.05, 0.1) is 11.3 Å². The first-order valence-electron chi connectivity index (χ1n) is 5.87. The van der Waals surface area contributed by atoms with E-state index in [0.29, 0.717) is 24.1 Å². The van der Waals surface area contributed by atoms with Gasteiger partial charge in [-0.25, -0.2) is 8.78 Å². The number of nitrogens with zero attached hydrogens (tertiary/aromatic N) is 1. The summed E-state index contributed by atoms with van der Waals surface area (Å²) in [6.07, 6.45) is 0.481. The molecule has 0 heterocycles. The zero-order chi connectivity index (χ0) is 13.7. The van der Waals surface area contributed by atoms with Crippen LogP contribution in [0.2, 0.25) is 0 Å². The molecular weight excluding hydrogens is 246 g/mol. The van der Waals surface area contributed by atoms with Crippen molar-refractivity contribution in [3.8, 4) is 6.07 Å². The summed E-state index contributed by atoms with van der Waals surface area (Å²) in [5, 5.41) is 12.0. The molecule has 0 unspecified atom stereocenters. The predicted molar refractivity (Wildman–Crippen MR) is 69.7 cm³/mol. The number of nitrogens with one attached hydrogen (secondary N) is 1. The molecule has 0 aliphatic rings. The van der Waals surface area contributed by atoms with E-state index < -0.39 is 11.6 Å². The van der Waals surface area contributed by atoms with E-state index in [0.717, 1.165) is 11.8 Å². The Kier molecular flexibility index (Phi) is 4.09. The topological polar surface area (TPSA) is 35.8 Å². The van der Waals surface area contributed by atoms with Gasteiger partial charge in [0.1, 0.15) is 17.7 Å². The van der Waals surface area contributed by atoms with Crippen LogP contribution >= 0.6 is 0 Å². The van der Waals surface area contributed by atoms with Crippen LogP contribution < -0.4 is 5.32 Å². The summed E-state index contributed by atoms with van der Waals surface area (Å²) in [4.78, 5) is 0. The maximum absolute atomic E-state index is 13.0. The molecule has 0 fully saturated rings. The van der Waals surface area contributed by atoms with Crippen molar-refractivity contribution in [3.05, 3.63) is 65.2 Å². The molecule has 2 aromatic carbocycles. The van der Waals surface area contributed by atoms with Crippen molar-refractivity contribution in [2.24, 2.45) is 0 Å². The predicted octanol–water partition coefficient (Wildman–Crippen LogP) is 3.49. The Morgan fingerprint density at radius 2 is 1.74 bits per heavy atom. The van der Waals surface area contributed by atoms with Gasteiger partial charge in [-0.1, -0.05) is 12.1 Å². The van der Waals surface area contributed by atoms with Crippen molar-refractivity contribution < 1.29 is 8.78 Å². The lowest BCUT2D eigenvalue weighted by Crippen LogP contribution is -2.06. The molecule has 0 amide bonds. The first kappa shape index (κ1) is 13.0. The van der Waals surface area contributed by atoms with Crippen molar-refractivity contribution in [1.29, 1.82) is 5.26 Å². The second kappa shape index (κ2) is 5.96. The number of benzene rings is 2. The zero-order valence-corrected chi connectivity index (χ0v) is 10.2. The molecular formula is C15H12F2N2. The van der Waals surface area contributed by atoms with Gasteiger partial charge in [-0.2, -0.15) is 5.26 Å².